The van der Waals surface area contributed by atoms with E-state index >= 15 is 0 Å². The molecule has 3 nitrogen and oxygen atoms in total. The molecule has 1 unspecified atom stereocenters. The molecule has 0 saturated heterocycles. The van der Waals surface area contributed by atoms with Crippen molar-refractivity contribution in [3.05, 3.63) is 27.7 Å². The van der Waals surface area contributed by atoms with Crippen LogP contribution in [0.3, 0.4) is 0 Å². The number of aliphatic hydroxyl groups excluding tert-OH is 1. The van der Waals surface area contributed by atoms with E-state index in [9.17, 15) is 9.90 Å². The zero-order chi connectivity index (χ0) is 13.3. The number of halogens is 1. The second-order valence-electron chi connectivity index (χ2n) is 4.98. The molecule has 1 heterocycles. The van der Waals surface area contributed by atoms with Crippen LogP contribution in [0, 0.1) is 5.92 Å². The first kappa shape index (κ1) is 13.6. The Hall–Kier alpha value is -0.870. The van der Waals surface area contributed by atoms with Gasteiger partial charge in [-0.25, -0.2) is 0 Å². The lowest BCUT2D eigenvalue weighted by Gasteiger charge is -2.14. The number of carbonyl (C=O) groups is 1. The van der Waals surface area contributed by atoms with Crippen LogP contribution in [-0.2, 0) is 17.6 Å². The average Bonchev–Trinajstić information content (AvgIpc) is 2.75. The lowest BCUT2D eigenvalue weighted by atomic mass is 9.96. The lowest BCUT2D eigenvalue weighted by Crippen LogP contribution is -2.27. The zero-order valence-electron chi connectivity index (χ0n) is 10.6. The molecule has 1 aromatic carbocycles. The number of aliphatic hydroxyl groups is 1. The molecule has 0 fully saturated rings. The Morgan fingerprint density at radius 2 is 2.22 bits per heavy atom. The third-order valence-electron chi connectivity index (χ3n) is 3.15. The van der Waals surface area contributed by atoms with Crippen LogP contribution in [0.4, 0.5) is 0 Å². The summed E-state index contributed by atoms with van der Waals surface area (Å²) in [5.41, 5.74) is 1.99. The van der Waals surface area contributed by atoms with Crippen molar-refractivity contribution in [1.82, 2.24) is 0 Å². The van der Waals surface area contributed by atoms with E-state index in [4.69, 9.17) is 4.74 Å². The van der Waals surface area contributed by atoms with Gasteiger partial charge in [0.1, 0.15) is 11.9 Å². The summed E-state index contributed by atoms with van der Waals surface area (Å²) in [6.07, 6.45) is 0.199. The first-order valence-corrected chi connectivity index (χ1v) is 6.93. The van der Waals surface area contributed by atoms with Gasteiger partial charge in [0, 0.05) is 22.9 Å². The quantitative estimate of drug-likeness (QED) is 0.929. The van der Waals surface area contributed by atoms with Gasteiger partial charge in [0.2, 0.25) is 0 Å². The molecule has 0 aliphatic carbocycles. The fourth-order valence-electron chi connectivity index (χ4n) is 2.14. The first-order valence-electron chi connectivity index (χ1n) is 6.14. The number of carbonyl (C=O) groups excluding carboxylic acids is 1. The van der Waals surface area contributed by atoms with Crippen LogP contribution in [0.1, 0.15) is 25.0 Å². The molecule has 1 aliphatic rings. The average molecular weight is 313 g/mol. The Balaban J connectivity index is 2.22. The zero-order valence-corrected chi connectivity index (χ0v) is 12.2. The fourth-order valence-corrected chi connectivity index (χ4v) is 2.69. The van der Waals surface area contributed by atoms with Gasteiger partial charge in [0.25, 0.3) is 0 Å². The molecule has 0 bridgehead atoms. The number of fused-ring (bicyclic) bond motifs is 1. The second kappa shape index (κ2) is 5.41. The van der Waals surface area contributed by atoms with Gasteiger partial charge in [-0.15, -0.1) is 0 Å². The summed E-state index contributed by atoms with van der Waals surface area (Å²) in [7, 11) is 0. The largest absolute Gasteiger partial charge is 0.493 e. The molecule has 0 amide bonds. The summed E-state index contributed by atoms with van der Waals surface area (Å²) >= 11 is 3.44. The Morgan fingerprint density at radius 3 is 2.89 bits per heavy atom. The predicted octanol–water partition coefficient (Wildman–Crippen LogP) is 2.51. The molecule has 1 atom stereocenters. The van der Waals surface area contributed by atoms with Crippen LogP contribution in [0.2, 0.25) is 0 Å². The minimum absolute atomic E-state index is 0.0568. The van der Waals surface area contributed by atoms with E-state index < -0.39 is 6.10 Å². The standard InChI is InChI=1S/C14H17BrO3/c1-8(2)13(17)12(16)7-10-6-11(15)5-9-3-4-18-14(9)10/h5-6,8,13,17H,3-4,7H2,1-2H3. The van der Waals surface area contributed by atoms with Crippen LogP contribution >= 0.6 is 15.9 Å². The molecule has 1 aromatic rings. The van der Waals surface area contributed by atoms with Gasteiger partial charge < -0.3 is 9.84 Å². The minimum atomic E-state index is -0.902. The molecule has 0 saturated carbocycles. The normalized spacial score (nSPS) is 15.4. The van der Waals surface area contributed by atoms with Gasteiger partial charge in [0.15, 0.2) is 5.78 Å². The van der Waals surface area contributed by atoms with E-state index in [1.54, 1.807) is 0 Å². The maximum Gasteiger partial charge on any atom is 0.166 e. The summed E-state index contributed by atoms with van der Waals surface area (Å²) in [4.78, 5) is 11.9. The molecule has 1 aliphatic heterocycles. The van der Waals surface area contributed by atoms with Crippen LogP contribution in [0.5, 0.6) is 5.75 Å². The molecular formula is C14H17BrO3. The number of benzene rings is 1. The van der Waals surface area contributed by atoms with E-state index in [2.05, 4.69) is 15.9 Å². The molecule has 0 spiro atoms. The Bertz CT molecular complexity index is 468. The number of Topliss-reactive ketones (excluding diaryl/α,β-unsaturated/α-hetero) is 1. The topological polar surface area (TPSA) is 46.5 Å². The summed E-state index contributed by atoms with van der Waals surface area (Å²) in [5.74, 6) is 0.613. The number of hydrogen-bond donors (Lipinski definition) is 1. The van der Waals surface area contributed by atoms with Crippen molar-refractivity contribution in [2.75, 3.05) is 6.61 Å². The van der Waals surface area contributed by atoms with E-state index in [1.165, 1.54) is 0 Å². The van der Waals surface area contributed by atoms with Gasteiger partial charge in [-0.05, 0) is 23.6 Å². The van der Waals surface area contributed by atoms with Crippen molar-refractivity contribution < 1.29 is 14.6 Å². The maximum absolute atomic E-state index is 11.9. The van der Waals surface area contributed by atoms with Gasteiger partial charge in [-0.1, -0.05) is 29.8 Å². The summed E-state index contributed by atoms with van der Waals surface area (Å²) in [6, 6.07) is 3.92. The number of hydrogen-bond acceptors (Lipinski definition) is 3. The fraction of sp³-hybridized carbons (Fsp3) is 0.500. The van der Waals surface area contributed by atoms with Crippen molar-refractivity contribution in [3.63, 3.8) is 0 Å². The van der Waals surface area contributed by atoms with Gasteiger partial charge in [-0.3, -0.25) is 4.79 Å². The minimum Gasteiger partial charge on any atom is -0.493 e. The van der Waals surface area contributed by atoms with Crippen molar-refractivity contribution in [1.29, 1.82) is 0 Å². The van der Waals surface area contributed by atoms with Crippen molar-refractivity contribution in [3.8, 4) is 5.75 Å². The molecule has 2 rings (SSSR count). The van der Waals surface area contributed by atoms with E-state index in [-0.39, 0.29) is 18.1 Å². The predicted molar refractivity (Wildman–Crippen MR) is 72.9 cm³/mol. The number of ketones is 1. The maximum atomic E-state index is 11.9. The highest BCUT2D eigenvalue weighted by atomic mass is 79.9. The van der Waals surface area contributed by atoms with Crippen LogP contribution < -0.4 is 4.74 Å². The Kier molecular flexibility index (Phi) is 4.07. The summed E-state index contributed by atoms with van der Waals surface area (Å²) in [5, 5.41) is 9.77. The SMILES string of the molecule is CC(C)C(O)C(=O)Cc1cc(Br)cc2c1OCC2. The summed E-state index contributed by atoms with van der Waals surface area (Å²) in [6.45, 7) is 4.34. The molecular weight excluding hydrogens is 296 g/mol. The van der Waals surface area contributed by atoms with Gasteiger partial charge in [0.05, 0.1) is 6.61 Å². The molecule has 4 heteroatoms. The second-order valence-corrected chi connectivity index (χ2v) is 5.90. The molecule has 0 aromatic heterocycles. The highest BCUT2D eigenvalue weighted by Gasteiger charge is 2.23. The van der Waals surface area contributed by atoms with E-state index in [0.29, 0.717) is 6.61 Å². The van der Waals surface area contributed by atoms with E-state index in [1.807, 2.05) is 26.0 Å². The van der Waals surface area contributed by atoms with Crippen LogP contribution in [-0.4, -0.2) is 23.6 Å². The molecule has 18 heavy (non-hydrogen) atoms. The third kappa shape index (κ3) is 2.75. The summed E-state index contributed by atoms with van der Waals surface area (Å²) < 4.78 is 6.52. The smallest absolute Gasteiger partial charge is 0.166 e. The van der Waals surface area contributed by atoms with E-state index in [0.717, 1.165) is 27.8 Å². The monoisotopic (exact) mass is 312 g/mol. The third-order valence-corrected chi connectivity index (χ3v) is 3.61. The first-order chi connectivity index (χ1) is 8.49. The lowest BCUT2D eigenvalue weighted by molar-refractivity contribution is -0.128. The van der Waals surface area contributed by atoms with Crippen molar-refractivity contribution in [2.45, 2.75) is 32.8 Å². The van der Waals surface area contributed by atoms with Crippen LogP contribution in [0.15, 0.2) is 16.6 Å². The Labute approximate surface area is 115 Å². The van der Waals surface area contributed by atoms with Crippen molar-refractivity contribution in [2.24, 2.45) is 5.92 Å². The Morgan fingerprint density at radius 1 is 1.50 bits per heavy atom. The molecule has 98 valence electrons. The van der Waals surface area contributed by atoms with Crippen molar-refractivity contribution >= 4 is 21.7 Å². The molecule has 0 radical (unpaired) electrons. The van der Waals surface area contributed by atoms with Crippen LogP contribution in [0.25, 0.3) is 0 Å². The highest BCUT2D eigenvalue weighted by molar-refractivity contribution is 9.10. The molecule has 1 N–H and O–H groups in total. The number of ether oxygens (including phenoxy) is 1. The van der Waals surface area contributed by atoms with Gasteiger partial charge >= 0.3 is 0 Å². The number of rotatable bonds is 4. The van der Waals surface area contributed by atoms with Gasteiger partial charge in [-0.2, -0.15) is 0 Å². The highest BCUT2D eigenvalue weighted by Crippen LogP contribution is 2.33.